The van der Waals surface area contributed by atoms with Crippen molar-refractivity contribution < 1.29 is 5.11 Å². The Morgan fingerprint density at radius 2 is 1.80 bits per heavy atom. The summed E-state index contributed by atoms with van der Waals surface area (Å²) in [5.41, 5.74) is 7.11. The maximum atomic E-state index is 9.59. The lowest BCUT2D eigenvalue weighted by Gasteiger charge is -2.12. The molecule has 1 aromatic carbocycles. The molecule has 0 saturated heterocycles. The molecule has 86 valence electrons. The van der Waals surface area contributed by atoms with E-state index in [9.17, 15) is 5.11 Å². The molecule has 0 fully saturated rings. The molecule has 0 aliphatic carbocycles. The highest BCUT2D eigenvalue weighted by Gasteiger charge is 2.10. The monoisotopic (exact) mass is 453 g/mol. The predicted molar refractivity (Wildman–Crippen MR) is 82.6 cm³/mol. The van der Waals surface area contributed by atoms with Crippen LogP contribution < -0.4 is 5.73 Å². The first-order valence-corrected chi connectivity index (χ1v) is 6.65. The van der Waals surface area contributed by atoms with E-state index in [0.717, 1.165) is 25.5 Å². The van der Waals surface area contributed by atoms with Crippen LogP contribution in [0.15, 0.2) is 12.1 Å². The summed E-state index contributed by atoms with van der Waals surface area (Å²) in [4.78, 5) is 0. The van der Waals surface area contributed by atoms with Crippen LogP contribution in [0.5, 0.6) is 5.75 Å². The van der Waals surface area contributed by atoms with Gasteiger partial charge in [0.15, 0.2) is 0 Å². The van der Waals surface area contributed by atoms with Crippen LogP contribution in [-0.2, 0) is 0 Å². The fourth-order valence-corrected chi connectivity index (χ4v) is 3.09. The molecule has 1 aromatic rings. The van der Waals surface area contributed by atoms with Gasteiger partial charge in [-0.25, -0.2) is 0 Å². The van der Waals surface area contributed by atoms with Gasteiger partial charge in [-0.2, -0.15) is 0 Å². The van der Waals surface area contributed by atoms with Crippen molar-refractivity contribution in [3.63, 3.8) is 0 Å². The number of rotatable bonds is 3. The minimum Gasteiger partial charge on any atom is -0.506 e. The normalized spacial score (nSPS) is 12.0. The molecular formula is C10H14ClI2NO. The highest BCUT2D eigenvalue weighted by Crippen LogP contribution is 2.30. The van der Waals surface area contributed by atoms with Crippen molar-refractivity contribution in [1.82, 2.24) is 0 Å². The average Bonchev–Trinajstić information content (AvgIpc) is 2.13. The SMILES string of the molecule is CCC[C@H](N)c1cc(I)c(O)c(I)c1.Cl. The molecule has 0 aliphatic heterocycles. The summed E-state index contributed by atoms with van der Waals surface area (Å²) >= 11 is 4.25. The standard InChI is InChI=1S/C10H13I2NO.ClH/c1-2-3-9(13)6-4-7(11)10(14)8(12)5-6;/h4-5,9,14H,2-3,13H2,1H3;1H/t9-;/m0./s1. The molecule has 0 heterocycles. The number of aromatic hydroxyl groups is 1. The molecule has 5 heteroatoms. The Bertz CT molecular complexity index is 310. The van der Waals surface area contributed by atoms with E-state index in [2.05, 4.69) is 52.1 Å². The zero-order valence-corrected chi connectivity index (χ0v) is 13.5. The Labute approximate surface area is 124 Å². The molecule has 0 aromatic heterocycles. The smallest absolute Gasteiger partial charge is 0.142 e. The van der Waals surface area contributed by atoms with Crippen molar-refractivity contribution in [2.75, 3.05) is 0 Å². The van der Waals surface area contributed by atoms with Crippen LogP contribution in [0.3, 0.4) is 0 Å². The maximum absolute atomic E-state index is 9.59. The van der Waals surface area contributed by atoms with Crippen LogP contribution in [0, 0.1) is 7.14 Å². The van der Waals surface area contributed by atoms with Gasteiger partial charge in [0.25, 0.3) is 0 Å². The van der Waals surface area contributed by atoms with Crippen molar-refractivity contribution in [3.05, 3.63) is 24.8 Å². The van der Waals surface area contributed by atoms with Crippen LogP contribution in [0.2, 0.25) is 0 Å². The summed E-state index contributed by atoms with van der Waals surface area (Å²) in [6, 6.07) is 4.00. The van der Waals surface area contributed by atoms with Gasteiger partial charge in [-0.1, -0.05) is 13.3 Å². The van der Waals surface area contributed by atoms with E-state index >= 15 is 0 Å². The summed E-state index contributed by atoms with van der Waals surface area (Å²) in [7, 11) is 0. The summed E-state index contributed by atoms with van der Waals surface area (Å²) in [6.45, 7) is 2.12. The number of benzene rings is 1. The van der Waals surface area contributed by atoms with E-state index in [1.807, 2.05) is 12.1 Å². The third kappa shape index (κ3) is 4.24. The predicted octanol–water partition coefficient (Wildman–Crippen LogP) is 3.82. The number of nitrogens with two attached hydrogens (primary N) is 1. The third-order valence-electron chi connectivity index (χ3n) is 2.07. The molecule has 15 heavy (non-hydrogen) atoms. The average molecular weight is 453 g/mol. The Morgan fingerprint density at radius 1 is 1.33 bits per heavy atom. The fraction of sp³-hybridized carbons (Fsp3) is 0.400. The summed E-state index contributed by atoms with van der Waals surface area (Å²) in [6.07, 6.45) is 2.06. The molecule has 0 spiro atoms. The second kappa shape index (κ2) is 7.13. The van der Waals surface area contributed by atoms with E-state index < -0.39 is 0 Å². The first-order chi connectivity index (χ1) is 6.56. The largest absolute Gasteiger partial charge is 0.506 e. The topological polar surface area (TPSA) is 46.2 Å². The van der Waals surface area contributed by atoms with Gasteiger partial charge in [-0.05, 0) is 69.3 Å². The zero-order chi connectivity index (χ0) is 10.7. The number of halogens is 3. The Hall–Kier alpha value is 0.730. The molecule has 2 nitrogen and oxygen atoms in total. The van der Waals surface area contributed by atoms with Crippen LogP contribution in [-0.4, -0.2) is 5.11 Å². The maximum Gasteiger partial charge on any atom is 0.142 e. The minimum absolute atomic E-state index is 0. The van der Waals surface area contributed by atoms with Crippen molar-refractivity contribution in [2.24, 2.45) is 5.73 Å². The molecule has 1 atom stereocenters. The number of phenolic OH excluding ortho intramolecular Hbond substituents is 1. The Balaban J connectivity index is 0.00000196. The molecule has 0 aliphatic rings. The quantitative estimate of drug-likeness (QED) is 0.684. The second-order valence-corrected chi connectivity index (χ2v) is 5.55. The number of phenols is 1. The van der Waals surface area contributed by atoms with E-state index in [0.29, 0.717) is 5.75 Å². The van der Waals surface area contributed by atoms with Crippen molar-refractivity contribution in [3.8, 4) is 5.75 Å². The van der Waals surface area contributed by atoms with Gasteiger partial charge in [-0.15, -0.1) is 12.4 Å². The lowest BCUT2D eigenvalue weighted by atomic mass is 10.0. The van der Waals surface area contributed by atoms with Gasteiger partial charge in [0.05, 0.1) is 7.14 Å². The van der Waals surface area contributed by atoms with E-state index in [1.165, 1.54) is 0 Å². The molecular weight excluding hydrogens is 439 g/mol. The van der Waals surface area contributed by atoms with Crippen molar-refractivity contribution in [2.45, 2.75) is 25.8 Å². The molecule has 1 rings (SSSR count). The molecule has 0 unspecified atom stereocenters. The van der Waals surface area contributed by atoms with Gasteiger partial charge >= 0.3 is 0 Å². The van der Waals surface area contributed by atoms with Gasteiger partial charge in [-0.3, -0.25) is 0 Å². The van der Waals surface area contributed by atoms with Crippen LogP contribution in [0.1, 0.15) is 31.4 Å². The van der Waals surface area contributed by atoms with Gasteiger partial charge in [0.2, 0.25) is 0 Å². The summed E-state index contributed by atoms with van der Waals surface area (Å²) < 4.78 is 1.74. The summed E-state index contributed by atoms with van der Waals surface area (Å²) in [5, 5.41) is 9.59. The van der Waals surface area contributed by atoms with Crippen molar-refractivity contribution >= 4 is 57.6 Å². The first-order valence-electron chi connectivity index (χ1n) is 4.49. The summed E-state index contributed by atoms with van der Waals surface area (Å²) in [5.74, 6) is 0.360. The van der Waals surface area contributed by atoms with Gasteiger partial charge in [0, 0.05) is 6.04 Å². The highest BCUT2D eigenvalue weighted by molar-refractivity contribution is 14.1. The van der Waals surface area contributed by atoms with Gasteiger partial charge in [0.1, 0.15) is 5.75 Å². The molecule has 0 radical (unpaired) electrons. The van der Waals surface area contributed by atoms with E-state index in [1.54, 1.807) is 0 Å². The Morgan fingerprint density at radius 3 is 2.20 bits per heavy atom. The Kier molecular flexibility index (Phi) is 7.48. The molecule has 0 saturated carbocycles. The molecule has 0 amide bonds. The van der Waals surface area contributed by atoms with E-state index in [4.69, 9.17) is 5.73 Å². The fourth-order valence-electron chi connectivity index (χ4n) is 1.28. The van der Waals surface area contributed by atoms with Crippen LogP contribution in [0.4, 0.5) is 0 Å². The highest BCUT2D eigenvalue weighted by atomic mass is 127. The molecule has 0 bridgehead atoms. The van der Waals surface area contributed by atoms with E-state index in [-0.39, 0.29) is 18.4 Å². The minimum atomic E-state index is 0. The van der Waals surface area contributed by atoms with Crippen LogP contribution >= 0.6 is 57.6 Å². The number of hydrogen-bond acceptors (Lipinski definition) is 2. The van der Waals surface area contributed by atoms with Crippen molar-refractivity contribution in [1.29, 1.82) is 0 Å². The third-order valence-corrected chi connectivity index (χ3v) is 3.71. The lowest BCUT2D eigenvalue weighted by Crippen LogP contribution is -2.10. The molecule has 3 N–H and O–H groups in total. The van der Waals surface area contributed by atoms with Crippen LogP contribution in [0.25, 0.3) is 0 Å². The second-order valence-electron chi connectivity index (χ2n) is 3.23. The number of hydrogen-bond donors (Lipinski definition) is 2. The first kappa shape index (κ1) is 15.7. The zero-order valence-electron chi connectivity index (χ0n) is 8.34. The lowest BCUT2D eigenvalue weighted by molar-refractivity contribution is 0.467. The van der Waals surface area contributed by atoms with Gasteiger partial charge < -0.3 is 10.8 Å².